The zero-order chi connectivity index (χ0) is 15.8. The second-order valence-corrected chi connectivity index (χ2v) is 14.8. The second kappa shape index (κ2) is 8.02. The van der Waals surface area contributed by atoms with Gasteiger partial charge in [-0.3, -0.25) is 4.79 Å². The van der Waals surface area contributed by atoms with Gasteiger partial charge < -0.3 is 4.74 Å². The third kappa shape index (κ3) is 4.09. The van der Waals surface area contributed by atoms with Gasteiger partial charge in [0.2, 0.25) is 0 Å². The lowest BCUT2D eigenvalue weighted by atomic mass is 10.3. The first-order valence-electron chi connectivity index (χ1n) is 6.79. The number of carbonyl (C=O) groups is 1. The summed E-state index contributed by atoms with van der Waals surface area (Å²) in [5.74, 6) is 3.36. The van der Waals surface area contributed by atoms with E-state index in [9.17, 15) is 4.79 Å². The molecule has 4 aliphatic rings. The van der Waals surface area contributed by atoms with Crippen LogP contribution in [0.3, 0.4) is 0 Å². The van der Waals surface area contributed by atoms with E-state index in [2.05, 4.69) is 0 Å². The van der Waals surface area contributed by atoms with Crippen molar-refractivity contribution >= 4 is 100 Å². The third-order valence-corrected chi connectivity index (χ3v) is 15.4. The summed E-state index contributed by atoms with van der Waals surface area (Å²) in [6.07, 6.45) is 0.509. The smallest absolute Gasteiger partial charge is 0.306 e. The molecule has 23 heavy (non-hydrogen) atoms. The number of esters is 1. The van der Waals surface area contributed by atoms with Crippen molar-refractivity contribution in [2.75, 3.05) is 24.4 Å². The van der Waals surface area contributed by atoms with Crippen molar-refractivity contribution < 1.29 is 9.53 Å². The van der Waals surface area contributed by atoms with Crippen LogP contribution in [-0.2, 0) is 9.53 Å². The van der Waals surface area contributed by atoms with Gasteiger partial charge in [-0.1, -0.05) is 47.0 Å². The van der Waals surface area contributed by atoms with Gasteiger partial charge in [-0.2, -0.15) is 0 Å². The molecule has 4 aliphatic heterocycles. The van der Waals surface area contributed by atoms with Gasteiger partial charge in [0.25, 0.3) is 0 Å². The van der Waals surface area contributed by atoms with Gasteiger partial charge in [-0.05, 0) is 0 Å². The van der Waals surface area contributed by atoms with Crippen LogP contribution in [-0.4, -0.2) is 35.6 Å². The first kappa shape index (κ1) is 17.9. The van der Waals surface area contributed by atoms with E-state index in [1.165, 1.54) is 44.0 Å². The van der Waals surface area contributed by atoms with Crippen LogP contribution in [0.5, 0.6) is 0 Å². The minimum absolute atomic E-state index is 0.103. The Hall–Kier alpha value is 1.49. The Morgan fingerprint density at radius 1 is 0.913 bits per heavy atom. The number of hydrogen-bond acceptors (Lipinski definition) is 10. The van der Waals surface area contributed by atoms with E-state index in [4.69, 9.17) is 4.74 Å². The Kier molecular flexibility index (Phi) is 6.24. The van der Waals surface area contributed by atoms with Crippen molar-refractivity contribution in [3.8, 4) is 0 Å². The van der Waals surface area contributed by atoms with Crippen LogP contribution in [0.1, 0.15) is 6.42 Å². The molecular weight excluding hydrogens is 445 g/mol. The highest BCUT2D eigenvalue weighted by Crippen LogP contribution is 2.68. The first-order chi connectivity index (χ1) is 11.2. The van der Waals surface area contributed by atoms with Crippen LogP contribution in [0.25, 0.3) is 0 Å². The molecule has 0 radical (unpaired) electrons. The Morgan fingerprint density at radius 2 is 1.48 bits per heavy atom. The average Bonchev–Trinajstić information content (AvgIpc) is 3.17. The van der Waals surface area contributed by atoms with Crippen LogP contribution >= 0.6 is 94.1 Å². The molecule has 2 nitrogen and oxygen atoms in total. The van der Waals surface area contributed by atoms with Gasteiger partial charge in [-0.15, -0.1) is 47.0 Å². The lowest BCUT2D eigenvalue weighted by molar-refractivity contribution is -0.140. The van der Waals surface area contributed by atoms with Gasteiger partial charge >= 0.3 is 5.97 Å². The Bertz CT molecular complexity index is 618. The highest BCUT2D eigenvalue weighted by atomic mass is 32.3. The molecule has 0 saturated heterocycles. The van der Waals surface area contributed by atoms with Crippen molar-refractivity contribution in [3.63, 3.8) is 0 Å². The molecule has 0 saturated carbocycles. The summed E-state index contributed by atoms with van der Waals surface area (Å²) in [4.78, 5) is 11.5. The SMILES string of the molecule is COC(=O)C[C@@H]1CSC2=C(SC(=C3SC4=C(SCCS4)S3)S2)S1. The fourth-order valence-electron chi connectivity index (χ4n) is 2.04. The van der Waals surface area contributed by atoms with E-state index in [0.29, 0.717) is 11.7 Å². The first-order valence-corrected chi connectivity index (χ1v) is 13.9. The molecule has 0 spiro atoms. The predicted octanol–water partition coefficient (Wildman–Crippen LogP) is 6.22. The molecule has 0 amide bonds. The zero-order valence-corrected chi connectivity index (χ0v) is 18.5. The van der Waals surface area contributed by atoms with E-state index in [0.717, 1.165) is 5.75 Å². The van der Waals surface area contributed by atoms with Crippen molar-refractivity contribution in [2.24, 2.45) is 0 Å². The molecule has 0 aromatic rings. The van der Waals surface area contributed by atoms with Gasteiger partial charge in [0.1, 0.15) is 0 Å². The average molecular weight is 457 g/mol. The molecule has 0 aromatic carbocycles. The van der Waals surface area contributed by atoms with Crippen LogP contribution in [0, 0.1) is 0 Å². The highest BCUT2D eigenvalue weighted by Gasteiger charge is 2.35. The topological polar surface area (TPSA) is 26.3 Å². The minimum Gasteiger partial charge on any atom is -0.469 e. The van der Waals surface area contributed by atoms with E-state index < -0.39 is 0 Å². The predicted molar refractivity (Wildman–Crippen MR) is 117 cm³/mol. The normalized spacial score (nSPS) is 27.4. The van der Waals surface area contributed by atoms with Gasteiger partial charge in [-0.25, -0.2) is 0 Å². The quantitative estimate of drug-likeness (QED) is 0.446. The number of ether oxygens (including phenoxy) is 1. The lowest BCUT2D eigenvalue weighted by Crippen LogP contribution is -2.16. The Morgan fingerprint density at radius 3 is 2.09 bits per heavy atom. The lowest BCUT2D eigenvalue weighted by Gasteiger charge is -2.20. The maximum Gasteiger partial charge on any atom is 0.306 e. The molecule has 0 N–H and O–H groups in total. The summed E-state index contributed by atoms with van der Waals surface area (Å²) in [6.45, 7) is 0. The third-order valence-electron chi connectivity index (χ3n) is 3.09. The highest BCUT2D eigenvalue weighted by molar-refractivity contribution is 8.45. The van der Waals surface area contributed by atoms with Crippen molar-refractivity contribution in [1.82, 2.24) is 0 Å². The zero-order valence-electron chi connectivity index (χ0n) is 12.0. The summed E-state index contributed by atoms with van der Waals surface area (Å²) >= 11 is 15.5. The molecule has 0 bridgehead atoms. The summed E-state index contributed by atoms with van der Waals surface area (Å²) in [7, 11) is 1.47. The Labute approximate surface area is 169 Å². The summed E-state index contributed by atoms with van der Waals surface area (Å²) in [6, 6.07) is 0. The van der Waals surface area contributed by atoms with E-state index in [1.807, 2.05) is 94.1 Å². The van der Waals surface area contributed by atoms with E-state index >= 15 is 0 Å². The standard InChI is InChI=1S/C13H12O2S8/c1-15-7(14)4-6-5-18-10-11(19-6)23-13(22-10)12-20-8-9(21-12)17-3-2-16-8/h6H,2-5H2,1H3/t6-/m1/s1. The fraction of sp³-hybridized carbons (Fsp3) is 0.462. The minimum atomic E-state index is -0.103. The van der Waals surface area contributed by atoms with Crippen LogP contribution in [0.2, 0.25) is 0 Å². The number of thioether (sulfide) groups is 8. The molecule has 4 heterocycles. The fourth-order valence-corrected chi connectivity index (χ4v) is 14.7. The number of methoxy groups -OCH3 is 1. The number of rotatable bonds is 2. The Balaban J connectivity index is 1.41. The number of carbonyl (C=O) groups excluding carboxylic acids is 1. The molecule has 4 rings (SSSR count). The van der Waals surface area contributed by atoms with Crippen LogP contribution in [0.4, 0.5) is 0 Å². The van der Waals surface area contributed by atoms with E-state index in [1.54, 1.807) is 0 Å². The molecule has 0 unspecified atom stereocenters. The monoisotopic (exact) mass is 456 g/mol. The molecule has 0 fully saturated rings. The maximum atomic E-state index is 11.5. The maximum absolute atomic E-state index is 11.5. The molecular formula is C13H12O2S8. The second-order valence-electron chi connectivity index (χ2n) is 4.66. The van der Waals surface area contributed by atoms with Gasteiger partial charge in [0.05, 0.1) is 39.0 Å². The molecule has 10 heteroatoms. The van der Waals surface area contributed by atoms with Crippen molar-refractivity contribution in [3.05, 3.63) is 25.4 Å². The number of hydrogen-bond donors (Lipinski definition) is 0. The molecule has 124 valence electrons. The van der Waals surface area contributed by atoms with E-state index in [-0.39, 0.29) is 5.97 Å². The summed E-state index contributed by atoms with van der Waals surface area (Å²) < 4.78 is 13.5. The van der Waals surface area contributed by atoms with Gasteiger partial charge in [0, 0.05) is 22.5 Å². The van der Waals surface area contributed by atoms with Gasteiger partial charge in [0.15, 0.2) is 0 Å². The molecule has 1 atom stereocenters. The molecule has 0 aliphatic carbocycles. The van der Waals surface area contributed by atoms with Crippen molar-refractivity contribution in [1.29, 1.82) is 0 Å². The largest absolute Gasteiger partial charge is 0.469 e. The summed E-state index contributed by atoms with van der Waals surface area (Å²) in [5, 5.41) is 0.338. The molecule has 0 aromatic heterocycles. The van der Waals surface area contributed by atoms with Crippen LogP contribution in [0.15, 0.2) is 25.4 Å². The van der Waals surface area contributed by atoms with Crippen LogP contribution < -0.4 is 0 Å². The summed E-state index contributed by atoms with van der Waals surface area (Å²) in [5.41, 5.74) is 0. The van der Waals surface area contributed by atoms with Crippen molar-refractivity contribution in [2.45, 2.75) is 11.7 Å².